The van der Waals surface area contributed by atoms with Crippen LogP contribution < -0.4 is 4.80 Å². The topological polar surface area (TPSA) is 60.7 Å². The van der Waals surface area contributed by atoms with Crippen LogP contribution in [0.3, 0.4) is 0 Å². The summed E-state index contributed by atoms with van der Waals surface area (Å²) in [5.74, 6) is -1.33. The normalized spacial score (nSPS) is 11.9. The van der Waals surface area contributed by atoms with Gasteiger partial charge in [0.15, 0.2) is 4.80 Å². The van der Waals surface area contributed by atoms with Crippen molar-refractivity contribution in [2.75, 3.05) is 6.61 Å². The van der Waals surface area contributed by atoms with Crippen LogP contribution >= 0.6 is 34.3 Å². The van der Waals surface area contributed by atoms with Crippen LogP contribution in [0.4, 0.5) is 4.39 Å². The van der Waals surface area contributed by atoms with E-state index in [2.05, 4.69) is 4.99 Å². The summed E-state index contributed by atoms with van der Waals surface area (Å²) < 4.78 is 21.1. The molecule has 0 spiro atoms. The Kier molecular flexibility index (Phi) is 5.31. The van der Waals surface area contributed by atoms with Gasteiger partial charge in [-0.2, -0.15) is 4.99 Å². The molecule has 0 N–H and O–H groups in total. The first kappa shape index (κ1) is 17.8. The fourth-order valence-corrected chi connectivity index (χ4v) is 4.17. The second-order valence-electron chi connectivity index (χ2n) is 4.91. The maximum absolute atomic E-state index is 13.5. The molecule has 130 valence electrons. The molecule has 2 aromatic heterocycles. The van der Waals surface area contributed by atoms with E-state index >= 15 is 0 Å². The molecule has 3 aromatic rings. The predicted octanol–water partition coefficient (Wildman–Crippen LogP) is 3.86. The molecule has 0 radical (unpaired) electrons. The Hall–Kier alpha value is -2.03. The molecule has 0 saturated carbocycles. The fraction of sp³-hybridized carbons (Fsp3) is 0.188. The van der Waals surface area contributed by atoms with Crippen molar-refractivity contribution in [3.8, 4) is 0 Å². The van der Waals surface area contributed by atoms with Gasteiger partial charge in [0.25, 0.3) is 5.91 Å². The highest BCUT2D eigenvalue weighted by Gasteiger charge is 2.14. The summed E-state index contributed by atoms with van der Waals surface area (Å²) >= 11 is 8.09. The van der Waals surface area contributed by atoms with Crippen LogP contribution in [-0.4, -0.2) is 23.1 Å². The van der Waals surface area contributed by atoms with E-state index in [4.69, 9.17) is 16.3 Å². The zero-order valence-corrected chi connectivity index (χ0v) is 15.4. The summed E-state index contributed by atoms with van der Waals surface area (Å²) in [4.78, 5) is 29.0. The van der Waals surface area contributed by atoms with Crippen molar-refractivity contribution in [3.05, 3.63) is 50.2 Å². The number of nitrogens with zero attached hydrogens (tertiary/aromatic N) is 2. The summed E-state index contributed by atoms with van der Waals surface area (Å²) in [7, 11) is 0. The highest BCUT2D eigenvalue weighted by Crippen LogP contribution is 2.22. The molecule has 0 fully saturated rings. The fourth-order valence-electron chi connectivity index (χ4n) is 2.19. The van der Waals surface area contributed by atoms with E-state index < -0.39 is 17.7 Å². The van der Waals surface area contributed by atoms with Crippen molar-refractivity contribution in [1.29, 1.82) is 0 Å². The Balaban J connectivity index is 2.10. The molecular formula is C16H12ClFN2O3S2. The lowest BCUT2D eigenvalue weighted by Crippen LogP contribution is -2.23. The van der Waals surface area contributed by atoms with Gasteiger partial charge in [0.05, 0.1) is 26.0 Å². The first-order valence-corrected chi connectivity index (χ1v) is 9.28. The highest BCUT2D eigenvalue weighted by molar-refractivity contribution is 7.18. The van der Waals surface area contributed by atoms with Crippen molar-refractivity contribution in [2.24, 2.45) is 4.99 Å². The highest BCUT2D eigenvalue weighted by atomic mass is 35.5. The second-order valence-corrected chi connectivity index (χ2v) is 7.63. The number of hydrogen-bond acceptors (Lipinski definition) is 5. The number of carbonyl (C=O) groups is 2. The summed E-state index contributed by atoms with van der Waals surface area (Å²) in [6.45, 7) is 1.84. The first-order valence-electron chi connectivity index (χ1n) is 7.27. The summed E-state index contributed by atoms with van der Waals surface area (Å²) in [6, 6.07) is 7.38. The lowest BCUT2D eigenvalue weighted by Gasteiger charge is -2.04. The van der Waals surface area contributed by atoms with E-state index in [9.17, 15) is 14.0 Å². The number of halogens is 2. The third-order valence-electron chi connectivity index (χ3n) is 3.22. The molecule has 9 heteroatoms. The maximum Gasteiger partial charge on any atom is 0.326 e. The van der Waals surface area contributed by atoms with Crippen molar-refractivity contribution in [3.63, 3.8) is 0 Å². The van der Waals surface area contributed by atoms with E-state index in [-0.39, 0.29) is 13.2 Å². The second kappa shape index (κ2) is 7.47. The minimum Gasteiger partial charge on any atom is -0.465 e. The number of hydrogen-bond donors (Lipinski definition) is 0. The van der Waals surface area contributed by atoms with Crippen LogP contribution in [-0.2, 0) is 16.1 Å². The average molecular weight is 399 g/mol. The molecule has 3 rings (SSSR count). The quantitative estimate of drug-likeness (QED) is 0.627. The predicted molar refractivity (Wildman–Crippen MR) is 95.6 cm³/mol. The Bertz CT molecular complexity index is 1020. The molecule has 0 aliphatic rings. The van der Waals surface area contributed by atoms with Crippen LogP contribution in [0.5, 0.6) is 0 Å². The summed E-state index contributed by atoms with van der Waals surface area (Å²) in [6.07, 6.45) is 0. The van der Waals surface area contributed by atoms with E-state index in [0.717, 1.165) is 22.7 Å². The van der Waals surface area contributed by atoms with E-state index in [1.54, 1.807) is 29.7 Å². The van der Waals surface area contributed by atoms with Gasteiger partial charge in [-0.05, 0) is 37.3 Å². The zero-order valence-electron chi connectivity index (χ0n) is 13.0. The summed E-state index contributed by atoms with van der Waals surface area (Å²) in [5, 5.41) is 0. The Morgan fingerprint density at radius 3 is 2.76 bits per heavy atom. The molecular weight excluding hydrogens is 387 g/mol. The van der Waals surface area contributed by atoms with Gasteiger partial charge in [-0.25, -0.2) is 4.39 Å². The number of carbonyl (C=O) groups excluding carboxylic acids is 2. The van der Waals surface area contributed by atoms with Gasteiger partial charge in [0.2, 0.25) is 0 Å². The van der Waals surface area contributed by atoms with E-state index in [0.29, 0.717) is 24.2 Å². The molecule has 0 atom stereocenters. The lowest BCUT2D eigenvalue weighted by molar-refractivity contribution is -0.143. The number of fused-ring (bicyclic) bond motifs is 1. The molecule has 0 aliphatic heterocycles. The molecule has 0 bridgehead atoms. The van der Waals surface area contributed by atoms with Gasteiger partial charge < -0.3 is 9.30 Å². The Labute approximate surface area is 155 Å². The SMILES string of the molecule is CCOC(=O)Cn1c(=NC(=O)c2ccc(Cl)s2)sc2cc(F)ccc21. The van der Waals surface area contributed by atoms with Gasteiger partial charge in [-0.1, -0.05) is 22.9 Å². The molecule has 2 heterocycles. The first-order chi connectivity index (χ1) is 12.0. The van der Waals surface area contributed by atoms with Crippen molar-refractivity contribution in [1.82, 2.24) is 4.57 Å². The monoisotopic (exact) mass is 398 g/mol. The molecule has 0 aliphatic carbocycles. The number of thiophene rings is 1. The van der Waals surface area contributed by atoms with Crippen LogP contribution in [0.25, 0.3) is 10.2 Å². The average Bonchev–Trinajstić information content (AvgIpc) is 3.12. The van der Waals surface area contributed by atoms with Crippen molar-refractivity contribution in [2.45, 2.75) is 13.5 Å². The molecule has 1 aromatic carbocycles. The van der Waals surface area contributed by atoms with Gasteiger partial charge >= 0.3 is 5.97 Å². The van der Waals surface area contributed by atoms with Crippen molar-refractivity contribution < 1.29 is 18.7 Å². The van der Waals surface area contributed by atoms with Crippen LogP contribution in [0, 0.1) is 5.82 Å². The van der Waals surface area contributed by atoms with Crippen LogP contribution in [0.2, 0.25) is 4.34 Å². The zero-order chi connectivity index (χ0) is 18.0. The molecule has 0 saturated heterocycles. The number of amides is 1. The van der Waals surface area contributed by atoms with E-state index in [1.165, 1.54) is 12.1 Å². The van der Waals surface area contributed by atoms with Gasteiger partial charge in [0.1, 0.15) is 12.4 Å². The lowest BCUT2D eigenvalue weighted by atomic mass is 10.3. The molecule has 25 heavy (non-hydrogen) atoms. The summed E-state index contributed by atoms with van der Waals surface area (Å²) in [5.41, 5.74) is 0.607. The van der Waals surface area contributed by atoms with Crippen LogP contribution in [0.15, 0.2) is 35.3 Å². The number of benzene rings is 1. The minimum atomic E-state index is -0.471. The molecule has 1 amide bonds. The number of thiazole rings is 1. The number of ether oxygens (including phenoxy) is 1. The third kappa shape index (κ3) is 3.97. The smallest absolute Gasteiger partial charge is 0.326 e. The standard InChI is InChI=1S/C16H12ClFN2O3S2/c1-2-23-14(21)8-20-10-4-3-9(18)7-12(10)25-16(20)19-15(22)11-5-6-13(17)24-11/h3-7H,2,8H2,1H3. The number of rotatable bonds is 4. The van der Waals surface area contributed by atoms with Gasteiger partial charge in [0, 0.05) is 0 Å². The maximum atomic E-state index is 13.5. The molecule has 5 nitrogen and oxygen atoms in total. The Morgan fingerprint density at radius 2 is 2.08 bits per heavy atom. The van der Waals surface area contributed by atoms with Gasteiger partial charge in [-0.3, -0.25) is 9.59 Å². The van der Waals surface area contributed by atoms with Crippen LogP contribution in [0.1, 0.15) is 16.6 Å². The largest absolute Gasteiger partial charge is 0.465 e. The third-order valence-corrected chi connectivity index (χ3v) is 5.48. The van der Waals surface area contributed by atoms with Gasteiger partial charge in [-0.15, -0.1) is 11.3 Å². The van der Waals surface area contributed by atoms with Crippen molar-refractivity contribution >= 4 is 56.4 Å². The van der Waals surface area contributed by atoms with E-state index in [1.807, 2.05) is 0 Å². The number of aromatic nitrogens is 1. The minimum absolute atomic E-state index is 0.114. The molecule has 0 unspecified atom stereocenters. The Morgan fingerprint density at radius 1 is 1.28 bits per heavy atom. The number of esters is 1.